The summed E-state index contributed by atoms with van der Waals surface area (Å²) in [5.74, 6) is -1.15. The summed E-state index contributed by atoms with van der Waals surface area (Å²) in [6.07, 6.45) is -0.630. The first-order valence-corrected chi connectivity index (χ1v) is 6.18. The second-order valence-corrected chi connectivity index (χ2v) is 4.46. The summed E-state index contributed by atoms with van der Waals surface area (Å²) < 4.78 is 10.3. The first-order chi connectivity index (χ1) is 8.51. The molecule has 0 aromatic carbocycles. The molecule has 104 valence electrons. The summed E-state index contributed by atoms with van der Waals surface area (Å²) in [5.41, 5.74) is 0. The Bertz CT molecular complexity index is 307. The lowest BCUT2D eigenvalue weighted by atomic mass is 10.1. The van der Waals surface area contributed by atoms with Gasteiger partial charge in [0.25, 0.3) is 5.91 Å². The molecule has 1 N–H and O–H groups in total. The number of rotatable bonds is 6. The van der Waals surface area contributed by atoms with Crippen molar-refractivity contribution in [1.29, 1.82) is 0 Å². The maximum atomic E-state index is 12.2. The average molecular weight is 259 g/mol. The van der Waals surface area contributed by atoms with Crippen molar-refractivity contribution in [2.45, 2.75) is 44.9 Å². The Balaban J connectivity index is 2.60. The molecule has 0 saturated carbocycles. The summed E-state index contributed by atoms with van der Waals surface area (Å²) in [5, 5.41) is 8.83. The number of methoxy groups -OCH3 is 1. The third-order valence-electron chi connectivity index (χ3n) is 3.13. The monoisotopic (exact) mass is 259 g/mol. The summed E-state index contributed by atoms with van der Waals surface area (Å²) in [7, 11) is 1.58. The molecule has 6 heteroatoms. The molecule has 1 rings (SSSR count). The highest BCUT2D eigenvalue weighted by molar-refractivity contribution is 5.83. The zero-order valence-electron chi connectivity index (χ0n) is 11.1. The highest BCUT2D eigenvalue weighted by atomic mass is 16.5. The second kappa shape index (κ2) is 6.70. The van der Waals surface area contributed by atoms with E-state index in [4.69, 9.17) is 14.6 Å². The number of amides is 1. The van der Waals surface area contributed by atoms with Crippen LogP contribution in [0, 0.1) is 0 Å². The van der Waals surface area contributed by atoms with Crippen molar-refractivity contribution in [3.05, 3.63) is 0 Å². The van der Waals surface area contributed by atoms with Gasteiger partial charge in [0.2, 0.25) is 0 Å². The smallest absolute Gasteiger partial charge is 0.332 e. The maximum absolute atomic E-state index is 12.2. The van der Waals surface area contributed by atoms with Gasteiger partial charge in [-0.25, -0.2) is 4.79 Å². The molecule has 0 aromatic rings. The van der Waals surface area contributed by atoms with Crippen LogP contribution in [0.1, 0.15) is 26.7 Å². The van der Waals surface area contributed by atoms with E-state index in [2.05, 4.69) is 0 Å². The van der Waals surface area contributed by atoms with E-state index in [-0.39, 0.29) is 11.9 Å². The average Bonchev–Trinajstić information content (AvgIpc) is 2.79. The topological polar surface area (TPSA) is 76.1 Å². The lowest BCUT2D eigenvalue weighted by Gasteiger charge is -2.29. The number of hydrogen-bond acceptors (Lipinski definition) is 4. The number of carbonyl (C=O) groups is 2. The molecule has 0 aromatic heterocycles. The van der Waals surface area contributed by atoms with Crippen LogP contribution in [0.25, 0.3) is 0 Å². The van der Waals surface area contributed by atoms with Crippen molar-refractivity contribution < 1.29 is 24.2 Å². The van der Waals surface area contributed by atoms with Gasteiger partial charge in [0, 0.05) is 13.7 Å². The van der Waals surface area contributed by atoms with Gasteiger partial charge in [0.1, 0.15) is 6.10 Å². The van der Waals surface area contributed by atoms with Crippen LogP contribution >= 0.6 is 0 Å². The first kappa shape index (κ1) is 14.9. The summed E-state index contributed by atoms with van der Waals surface area (Å²) >= 11 is 0. The fourth-order valence-electron chi connectivity index (χ4n) is 2.20. The summed E-state index contributed by atoms with van der Waals surface area (Å²) in [4.78, 5) is 24.7. The SMILES string of the molecule is CCN(C(=O)C1CCC(C(=O)O)O1)C(C)COC. The molecular weight excluding hydrogens is 238 g/mol. The van der Waals surface area contributed by atoms with Crippen LogP contribution in [0.2, 0.25) is 0 Å². The lowest BCUT2D eigenvalue weighted by molar-refractivity contribution is -0.155. The van der Waals surface area contributed by atoms with E-state index in [1.807, 2.05) is 13.8 Å². The molecular formula is C12H21NO5. The van der Waals surface area contributed by atoms with Crippen molar-refractivity contribution in [3.63, 3.8) is 0 Å². The molecule has 0 radical (unpaired) electrons. The molecule has 1 heterocycles. The number of carboxylic acids is 1. The Kier molecular flexibility index (Phi) is 5.55. The normalized spacial score (nSPS) is 24.8. The quantitative estimate of drug-likeness (QED) is 0.751. The van der Waals surface area contributed by atoms with Crippen molar-refractivity contribution >= 4 is 11.9 Å². The Morgan fingerprint density at radius 1 is 1.44 bits per heavy atom. The number of carbonyl (C=O) groups excluding carboxylic acids is 1. The fourth-order valence-corrected chi connectivity index (χ4v) is 2.20. The van der Waals surface area contributed by atoms with Gasteiger partial charge >= 0.3 is 5.97 Å². The van der Waals surface area contributed by atoms with Gasteiger partial charge in [-0.05, 0) is 26.7 Å². The number of carboxylic acid groups (broad SMARTS) is 1. The molecule has 0 bridgehead atoms. The van der Waals surface area contributed by atoms with Crippen LogP contribution in [-0.4, -0.2) is 60.4 Å². The third kappa shape index (κ3) is 3.43. The molecule has 1 aliphatic rings. The summed E-state index contributed by atoms with van der Waals surface area (Å²) in [6.45, 7) is 4.79. The number of likely N-dealkylation sites (N-methyl/N-ethyl adjacent to an activating group) is 1. The zero-order valence-corrected chi connectivity index (χ0v) is 11.1. The Morgan fingerprint density at radius 2 is 2.06 bits per heavy atom. The number of ether oxygens (including phenoxy) is 2. The minimum absolute atomic E-state index is 0.0417. The molecule has 0 spiro atoms. The minimum Gasteiger partial charge on any atom is -0.479 e. The van der Waals surface area contributed by atoms with Crippen LogP contribution in [0.3, 0.4) is 0 Å². The molecule has 1 amide bonds. The van der Waals surface area contributed by atoms with Crippen LogP contribution in [0.4, 0.5) is 0 Å². The van der Waals surface area contributed by atoms with Crippen LogP contribution in [0.15, 0.2) is 0 Å². The number of hydrogen-bond donors (Lipinski definition) is 1. The predicted molar refractivity (Wildman–Crippen MR) is 64.3 cm³/mol. The molecule has 18 heavy (non-hydrogen) atoms. The van der Waals surface area contributed by atoms with Crippen molar-refractivity contribution in [1.82, 2.24) is 4.90 Å². The van der Waals surface area contributed by atoms with E-state index >= 15 is 0 Å². The van der Waals surface area contributed by atoms with E-state index < -0.39 is 18.2 Å². The number of nitrogens with zero attached hydrogens (tertiary/aromatic N) is 1. The molecule has 0 aliphatic carbocycles. The van der Waals surface area contributed by atoms with E-state index in [1.165, 1.54) is 0 Å². The van der Waals surface area contributed by atoms with Crippen LogP contribution < -0.4 is 0 Å². The van der Waals surface area contributed by atoms with E-state index in [0.29, 0.717) is 26.0 Å². The highest BCUT2D eigenvalue weighted by Gasteiger charge is 2.37. The fraction of sp³-hybridized carbons (Fsp3) is 0.833. The highest BCUT2D eigenvalue weighted by Crippen LogP contribution is 2.22. The van der Waals surface area contributed by atoms with Gasteiger partial charge in [-0.3, -0.25) is 4.79 Å². The summed E-state index contributed by atoms with van der Waals surface area (Å²) in [6, 6.07) is -0.0417. The minimum atomic E-state index is -1.00. The van der Waals surface area contributed by atoms with Gasteiger partial charge in [-0.2, -0.15) is 0 Å². The number of aliphatic carboxylic acids is 1. The molecule has 1 saturated heterocycles. The van der Waals surface area contributed by atoms with Crippen molar-refractivity contribution in [2.75, 3.05) is 20.3 Å². The standard InChI is InChI=1S/C12H21NO5/c1-4-13(8(2)7-17-3)11(14)9-5-6-10(18-9)12(15)16/h8-10H,4-7H2,1-3H3,(H,15,16). The maximum Gasteiger partial charge on any atom is 0.332 e. The third-order valence-corrected chi connectivity index (χ3v) is 3.13. The molecule has 1 aliphatic heterocycles. The lowest BCUT2D eigenvalue weighted by Crippen LogP contribution is -2.46. The predicted octanol–water partition coefficient (Wildman–Crippen LogP) is 0.502. The van der Waals surface area contributed by atoms with Gasteiger partial charge in [0.15, 0.2) is 6.10 Å². The Labute approximate surface area is 107 Å². The second-order valence-electron chi connectivity index (χ2n) is 4.46. The molecule has 1 fully saturated rings. The first-order valence-electron chi connectivity index (χ1n) is 6.18. The van der Waals surface area contributed by atoms with Crippen molar-refractivity contribution in [3.8, 4) is 0 Å². The van der Waals surface area contributed by atoms with E-state index in [9.17, 15) is 9.59 Å². The molecule has 3 atom stereocenters. The van der Waals surface area contributed by atoms with Crippen LogP contribution in [0.5, 0.6) is 0 Å². The molecule has 3 unspecified atom stereocenters. The zero-order chi connectivity index (χ0) is 13.7. The van der Waals surface area contributed by atoms with E-state index in [0.717, 1.165) is 0 Å². The Hall–Kier alpha value is -1.14. The van der Waals surface area contributed by atoms with Crippen molar-refractivity contribution in [2.24, 2.45) is 0 Å². The largest absolute Gasteiger partial charge is 0.479 e. The van der Waals surface area contributed by atoms with Gasteiger partial charge in [-0.15, -0.1) is 0 Å². The van der Waals surface area contributed by atoms with Gasteiger partial charge in [-0.1, -0.05) is 0 Å². The van der Waals surface area contributed by atoms with Gasteiger partial charge in [0.05, 0.1) is 12.6 Å². The van der Waals surface area contributed by atoms with E-state index in [1.54, 1.807) is 12.0 Å². The van der Waals surface area contributed by atoms with Gasteiger partial charge < -0.3 is 19.5 Å². The molecule has 6 nitrogen and oxygen atoms in total. The Morgan fingerprint density at radius 3 is 2.50 bits per heavy atom. The van der Waals surface area contributed by atoms with Crippen LogP contribution in [-0.2, 0) is 19.1 Å².